The van der Waals surface area contributed by atoms with Crippen molar-refractivity contribution in [3.8, 4) is 17.1 Å². The Morgan fingerprint density at radius 1 is 0.771 bits per heavy atom. The van der Waals surface area contributed by atoms with Crippen LogP contribution in [0.5, 0.6) is 5.88 Å². The van der Waals surface area contributed by atoms with Crippen LogP contribution in [-0.4, -0.2) is 16.8 Å². The third-order valence-electron chi connectivity index (χ3n) is 7.74. The van der Waals surface area contributed by atoms with Gasteiger partial charge in [-0.05, 0) is 48.8 Å². The number of halogens is 1. The van der Waals surface area contributed by atoms with Crippen molar-refractivity contribution in [2.24, 2.45) is 11.8 Å². The van der Waals surface area contributed by atoms with E-state index in [4.69, 9.17) is 4.74 Å². The molecule has 35 heavy (non-hydrogen) atoms. The van der Waals surface area contributed by atoms with Gasteiger partial charge in [0.2, 0.25) is 5.88 Å². The largest absolute Gasteiger partial charge is 0.477 e. The Morgan fingerprint density at radius 2 is 1.46 bits per heavy atom. The van der Waals surface area contributed by atoms with Gasteiger partial charge in [0.05, 0.1) is 12.3 Å². The van der Waals surface area contributed by atoms with Crippen LogP contribution in [0, 0.1) is 17.7 Å². The SMILES string of the molecule is CCCCCCCOc1ccc(-c2ccc(CCC3CCC(CCCCCC)CC3)c(F)c2)nn1. The van der Waals surface area contributed by atoms with Gasteiger partial charge in [-0.1, -0.05) is 109 Å². The summed E-state index contributed by atoms with van der Waals surface area (Å²) in [4.78, 5) is 0. The molecule has 0 spiro atoms. The number of hydrogen-bond donors (Lipinski definition) is 0. The molecular weight excluding hydrogens is 435 g/mol. The first-order chi connectivity index (χ1) is 17.2. The normalized spacial score (nSPS) is 18.0. The van der Waals surface area contributed by atoms with Crippen LogP contribution in [0.4, 0.5) is 4.39 Å². The van der Waals surface area contributed by atoms with E-state index in [1.54, 1.807) is 6.07 Å². The lowest BCUT2D eigenvalue weighted by molar-refractivity contribution is 0.248. The Morgan fingerprint density at radius 3 is 2.11 bits per heavy atom. The van der Waals surface area contributed by atoms with E-state index in [2.05, 4.69) is 24.0 Å². The van der Waals surface area contributed by atoms with Crippen LogP contribution in [0.15, 0.2) is 30.3 Å². The van der Waals surface area contributed by atoms with Gasteiger partial charge in [0, 0.05) is 11.6 Å². The first-order valence-electron chi connectivity index (χ1n) is 14.4. The molecule has 0 unspecified atom stereocenters. The van der Waals surface area contributed by atoms with E-state index in [0.29, 0.717) is 18.2 Å². The first-order valence-corrected chi connectivity index (χ1v) is 14.4. The highest BCUT2D eigenvalue weighted by Gasteiger charge is 2.21. The van der Waals surface area contributed by atoms with E-state index in [1.807, 2.05) is 24.3 Å². The van der Waals surface area contributed by atoms with Gasteiger partial charge in [0.1, 0.15) is 5.82 Å². The summed E-state index contributed by atoms with van der Waals surface area (Å²) in [6.07, 6.45) is 20.2. The molecule has 0 bridgehead atoms. The number of aryl methyl sites for hydroxylation is 1. The molecule has 1 fully saturated rings. The molecule has 1 heterocycles. The van der Waals surface area contributed by atoms with Gasteiger partial charge >= 0.3 is 0 Å². The third kappa shape index (κ3) is 9.89. The molecule has 3 nitrogen and oxygen atoms in total. The van der Waals surface area contributed by atoms with Crippen molar-refractivity contribution in [2.75, 3.05) is 6.61 Å². The number of unbranched alkanes of at least 4 members (excludes halogenated alkanes) is 7. The van der Waals surface area contributed by atoms with E-state index >= 15 is 0 Å². The summed E-state index contributed by atoms with van der Waals surface area (Å²) in [6.45, 7) is 5.16. The molecule has 0 radical (unpaired) electrons. The molecule has 194 valence electrons. The number of ether oxygens (including phenoxy) is 1. The number of rotatable bonds is 16. The molecule has 0 atom stereocenters. The van der Waals surface area contributed by atoms with Gasteiger partial charge in [-0.15, -0.1) is 10.2 Å². The van der Waals surface area contributed by atoms with E-state index in [9.17, 15) is 4.39 Å². The van der Waals surface area contributed by atoms with Crippen molar-refractivity contribution in [1.29, 1.82) is 0 Å². The molecule has 1 aliphatic rings. The highest BCUT2D eigenvalue weighted by atomic mass is 19.1. The minimum absolute atomic E-state index is 0.124. The number of nitrogens with zero attached hydrogens (tertiary/aromatic N) is 2. The van der Waals surface area contributed by atoms with Gasteiger partial charge in [-0.2, -0.15) is 0 Å². The van der Waals surface area contributed by atoms with Crippen LogP contribution >= 0.6 is 0 Å². The maximum absolute atomic E-state index is 14.9. The minimum atomic E-state index is -0.124. The summed E-state index contributed by atoms with van der Waals surface area (Å²) in [5, 5.41) is 8.44. The molecule has 0 N–H and O–H groups in total. The maximum atomic E-state index is 14.9. The average molecular weight is 483 g/mol. The van der Waals surface area contributed by atoms with Crippen molar-refractivity contribution < 1.29 is 9.13 Å². The maximum Gasteiger partial charge on any atom is 0.233 e. The van der Waals surface area contributed by atoms with Crippen LogP contribution in [-0.2, 0) is 6.42 Å². The zero-order valence-electron chi connectivity index (χ0n) is 22.2. The summed E-state index contributed by atoms with van der Waals surface area (Å²) in [7, 11) is 0. The second-order valence-corrected chi connectivity index (χ2v) is 10.6. The Hall–Kier alpha value is -1.97. The molecular formula is C31H47FN2O. The quantitative estimate of drug-likeness (QED) is 0.224. The molecule has 1 aromatic heterocycles. The fraction of sp³-hybridized carbons (Fsp3) is 0.677. The molecule has 1 aromatic carbocycles. The monoisotopic (exact) mass is 482 g/mol. The highest BCUT2D eigenvalue weighted by Crippen LogP contribution is 2.34. The van der Waals surface area contributed by atoms with Crippen molar-refractivity contribution in [1.82, 2.24) is 10.2 Å². The van der Waals surface area contributed by atoms with E-state index in [-0.39, 0.29) is 5.82 Å². The van der Waals surface area contributed by atoms with Crippen molar-refractivity contribution >= 4 is 0 Å². The number of hydrogen-bond acceptors (Lipinski definition) is 3. The topological polar surface area (TPSA) is 35.0 Å². The predicted molar refractivity (Wildman–Crippen MR) is 144 cm³/mol. The average Bonchev–Trinajstić information content (AvgIpc) is 2.89. The van der Waals surface area contributed by atoms with Gasteiger partial charge in [0.15, 0.2) is 0 Å². The van der Waals surface area contributed by atoms with E-state index in [0.717, 1.165) is 42.2 Å². The lowest BCUT2D eigenvalue weighted by atomic mass is 9.77. The summed E-state index contributed by atoms with van der Waals surface area (Å²) in [5.74, 6) is 2.10. The third-order valence-corrected chi connectivity index (χ3v) is 7.74. The van der Waals surface area contributed by atoms with Crippen molar-refractivity contribution in [2.45, 2.75) is 117 Å². The van der Waals surface area contributed by atoms with E-state index < -0.39 is 0 Å². The summed E-state index contributed by atoms with van der Waals surface area (Å²) >= 11 is 0. The second kappa shape index (κ2) is 15.9. The molecule has 2 aromatic rings. The molecule has 4 heteroatoms. The van der Waals surface area contributed by atoms with Gasteiger partial charge < -0.3 is 4.74 Å². The molecule has 0 amide bonds. The van der Waals surface area contributed by atoms with Gasteiger partial charge in [0.25, 0.3) is 0 Å². The first kappa shape index (κ1) is 27.6. The summed E-state index contributed by atoms with van der Waals surface area (Å²) in [5.41, 5.74) is 2.28. The molecule has 0 saturated heterocycles. The molecule has 0 aliphatic heterocycles. The van der Waals surface area contributed by atoms with Crippen LogP contribution in [0.1, 0.15) is 116 Å². The summed E-state index contributed by atoms with van der Waals surface area (Å²) < 4.78 is 20.6. The predicted octanol–water partition coefficient (Wildman–Crippen LogP) is 9.34. The highest BCUT2D eigenvalue weighted by molar-refractivity contribution is 5.59. The fourth-order valence-electron chi connectivity index (χ4n) is 5.37. The smallest absolute Gasteiger partial charge is 0.233 e. The van der Waals surface area contributed by atoms with Gasteiger partial charge in [-0.25, -0.2) is 4.39 Å². The Bertz CT molecular complexity index is 830. The van der Waals surface area contributed by atoms with Crippen LogP contribution in [0.2, 0.25) is 0 Å². The standard InChI is InChI=1S/C31H47FN2O/c1-3-5-7-9-11-23-35-31-22-21-30(33-34-31)28-20-19-27(29(32)24-28)18-17-26-15-13-25(14-16-26)12-10-8-6-4-2/h19-22,24-26H,3-18,23H2,1-2H3. The van der Waals surface area contributed by atoms with Crippen LogP contribution in [0.25, 0.3) is 11.3 Å². The van der Waals surface area contributed by atoms with Crippen molar-refractivity contribution in [3.05, 3.63) is 41.7 Å². The number of benzene rings is 1. The lowest BCUT2D eigenvalue weighted by Gasteiger charge is -2.28. The Kier molecular flexibility index (Phi) is 12.6. The fourth-order valence-corrected chi connectivity index (χ4v) is 5.37. The molecule has 1 saturated carbocycles. The zero-order valence-corrected chi connectivity index (χ0v) is 22.2. The molecule has 3 rings (SSSR count). The van der Waals surface area contributed by atoms with Crippen LogP contribution in [0.3, 0.4) is 0 Å². The second-order valence-electron chi connectivity index (χ2n) is 10.6. The zero-order chi connectivity index (χ0) is 24.7. The van der Waals surface area contributed by atoms with Crippen LogP contribution < -0.4 is 4.74 Å². The minimum Gasteiger partial charge on any atom is -0.477 e. The Balaban J connectivity index is 1.39. The lowest BCUT2D eigenvalue weighted by Crippen LogP contribution is -2.15. The summed E-state index contributed by atoms with van der Waals surface area (Å²) in [6, 6.07) is 9.23. The van der Waals surface area contributed by atoms with Crippen molar-refractivity contribution in [3.63, 3.8) is 0 Å². The molecule has 1 aliphatic carbocycles. The number of aromatic nitrogens is 2. The Labute approximate surface area is 213 Å². The van der Waals surface area contributed by atoms with E-state index in [1.165, 1.54) is 83.5 Å². The van der Waals surface area contributed by atoms with Gasteiger partial charge in [-0.3, -0.25) is 0 Å².